The second kappa shape index (κ2) is 10.1. The minimum Gasteiger partial charge on any atom is -0.504 e. The molecular weight excluding hydrogens is 424 g/mol. The van der Waals surface area contributed by atoms with Gasteiger partial charge in [0.05, 0.1) is 12.5 Å². The van der Waals surface area contributed by atoms with Crippen LogP contribution in [0.4, 0.5) is 0 Å². The second-order valence-corrected chi connectivity index (χ2v) is 8.85. The molecule has 0 radical (unpaired) electrons. The maximum Gasteiger partial charge on any atom is 0.276 e. The quantitative estimate of drug-likeness (QED) is 0.601. The number of carbonyl (C=O) groups is 1. The number of benzene rings is 2. The maximum absolute atomic E-state index is 13.1. The number of ether oxygens (including phenoxy) is 1. The number of aromatic hydroxyl groups is 1. The molecule has 2 aliphatic heterocycles. The number of phenols is 1. The van der Waals surface area contributed by atoms with Gasteiger partial charge in [-0.1, -0.05) is 68.6 Å². The Balaban J connectivity index is 1.67. The zero-order valence-electron chi connectivity index (χ0n) is 18.4. The van der Waals surface area contributed by atoms with Crippen molar-refractivity contribution in [1.82, 2.24) is 10.3 Å². The maximum atomic E-state index is 13.1. The third-order valence-corrected chi connectivity index (χ3v) is 6.45. The molecule has 8 heteroatoms. The smallest absolute Gasteiger partial charge is 0.276 e. The van der Waals surface area contributed by atoms with Crippen LogP contribution in [0.5, 0.6) is 11.5 Å². The highest BCUT2D eigenvalue weighted by molar-refractivity contribution is 8.13. The van der Waals surface area contributed by atoms with Crippen molar-refractivity contribution < 1.29 is 14.6 Å². The van der Waals surface area contributed by atoms with Crippen molar-refractivity contribution in [1.29, 1.82) is 0 Å². The first-order valence-corrected chi connectivity index (χ1v) is 12.0. The van der Waals surface area contributed by atoms with E-state index in [1.165, 1.54) is 32.8 Å². The van der Waals surface area contributed by atoms with Gasteiger partial charge in [-0.25, -0.2) is 5.01 Å². The van der Waals surface area contributed by atoms with Crippen LogP contribution < -0.4 is 20.6 Å². The van der Waals surface area contributed by atoms with Crippen LogP contribution in [0, 0.1) is 0 Å². The number of hydrazone groups is 1. The van der Waals surface area contributed by atoms with Crippen LogP contribution in [0.2, 0.25) is 0 Å². The molecule has 7 nitrogen and oxygen atoms in total. The molecule has 0 saturated carbocycles. The Morgan fingerprint density at radius 2 is 1.97 bits per heavy atom. The van der Waals surface area contributed by atoms with E-state index in [2.05, 4.69) is 12.2 Å². The lowest BCUT2D eigenvalue weighted by Gasteiger charge is -2.34. The molecule has 1 atom stereocenters. The molecule has 32 heavy (non-hydrogen) atoms. The van der Waals surface area contributed by atoms with Crippen LogP contribution in [0.25, 0.3) is 5.70 Å². The molecule has 0 aliphatic carbocycles. The van der Waals surface area contributed by atoms with Gasteiger partial charge in [-0.2, -0.15) is 0 Å². The van der Waals surface area contributed by atoms with Crippen molar-refractivity contribution in [3.8, 4) is 11.5 Å². The fraction of sp³-hybridized carbons (Fsp3) is 0.375. The van der Waals surface area contributed by atoms with Crippen molar-refractivity contribution >= 4 is 28.5 Å². The number of hydrogen-bond donors (Lipinski definition) is 2. The van der Waals surface area contributed by atoms with Gasteiger partial charge in [-0.05, 0) is 24.6 Å². The molecule has 2 aromatic rings. The fourth-order valence-corrected chi connectivity index (χ4v) is 4.69. The average Bonchev–Trinajstić information content (AvgIpc) is 2.81. The molecule has 1 unspecified atom stereocenters. The highest BCUT2D eigenvalue weighted by atomic mass is 32.2. The molecule has 0 spiro atoms. The van der Waals surface area contributed by atoms with E-state index in [9.17, 15) is 9.90 Å². The standard InChI is InChI=1S/C24H28N4O3S/c1-3-4-5-6-9-14-32-24-26-23(30)21-17-10-7-8-11-18(17)25-22(28(21)27-24)16-12-13-19(29)20(15-16)31-2/h7-8,10-13,15,22,29H,3-6,9,14H2,1-2H3,(H,26,27,30). The van der Waals surface area contributed by atoms with Gasteiger partial charge in [0, 0.05) is 16.5 Å². The zero-order chi connectivity index (χ0) is 22.5. The summed E-state index contributed by atoms with van der Waals surface area (Å²) in [6.45, 7) is 2.21. The Morgan fingerprint density at radius 3 is 2.78 bits per heavy atom. The van der Waals surface area contributed by atoms with E-state index in [4.69, 9.17) is 14.8 Å². The number of rotatable bonds is 8. The van der Waals surface area contributed by atoms with Gasteiger partial charge < -0.3 is 9.84 Å². The highest BCUT2D eigenvalue weighted by Crippen LogP contribution is 2.35. The molecule has 4 rings (SSSR count). The number of para-hydroxylation sites is 1. The van der Waals surface area contributed by atoms with E-state index in [1.807, 2.05) is 24.3 Å². The van der Waals surface area contributed by atoms with Crippen LogP contribution in [0.1, 0.15) is 50.8 Å². The molecule has 2 N–H and O–H groups in total. The third-order valence-electron chi connectivity index (χ3n) is 5.50. The zero-order valence-corrected chi connectivity index (χ0v) is 19.2. The molecule has 2 heterocycles. The number of thioether (sulfide) groups is 1. The van der Waals surface area contributed by atoms with Gasteiger partial charge in [0.15, 0.2) is 22.8 Å². The Bertz CT molecular complexity index is 1150. The summed E-state index contributed by atoms with van der Waals surface area (Å²) in [4.78, 5) is 18.0. The van der Waals surface area contributed by atoms with Gasteiger partial charge in [0.1, 0.15) is 5.70 Å². The minimum atomic E-state index is -0.541. The van der Waals surface area contributed by atoms with E-state index in [1.54, 1.807) is 35.0 Å². The van der Waals surface area contributed by atoms with E-state index in [-0.39, 0.29) is 11.7 Å². The second-order valence-electron chi connectivity index (χ2n) is 7.77. The number of fused-ring (bicyclic) bond motifs is 2. The van der Waals surface area contributed by atoms with Gasteiger partial charge in [-0.15, -0.1) is 5.10 Å². The first-order chi connectivity index (χ1) is 15.6. The van der Waals surface area contributed by atoms with Crippen LogP contribution in [0.15, 0.2) is 52.6 Å². The molecule has 0 saturated heterocycles. The Hall–Kier alpha value is -3.00. The Labute approximate surface area is 191 Å². The number of nitrogens with one attached hydrogen (secondary N) is 1. The molecule has 0 bridgehead atoms. The predicted molar refractivity (Wildman–Crippen MR) is 127 cm³/mol. The lowest BCUT2D eigenvalue weighted by Crippen LogP contribution is -2.50. The molecule has 2 aliphatic rings. The minimum absolute atomic E-state index is 0.0517. The van der Waals surface area contributed by atoms with Crippen LogP contribution in [0.3, 0.4) is 0 Å². The molecular formula is C24H28N4O3S. The molecule has 2 aromatic carbocycles. The van der Waals surface area contributed by atoms with Crippen LogP contribution in [-0.2, 0) is 4.79 Å². The van der Waals surface area contributed by atoms with Crippen molar-refractivity contribution in [2.45, 2.75) is 45.2 Å². The number of amides is 1. The monoisotopic (exact) mass is 452 g/mol. The first kappa shape index (κ1) is 22.2. The van der Waals surface area contributed by atoms with E-state index in [0.29, 0.717) is 16.6 Å². The van der Waals surface area contributed by atoms with Crippen LogP contribution >= 0.6 is 11.8 Å². The van der Waals surface area contributed by atoms with Crippen molar-refractivity contribution in [2.24, 2.45) is 10.1 Å². The van der Waals surface area contributed by atoms with Crippen molar-refractivity contribution in [2.75, 3.05) is 12.9 Å². The summed E-state index contributed by atoms with van der Waals surface area (Å²) < 4.78 is 5.28. The van der Waals surface area contributed by atoms with Crippen molar-refractivity contribution in [3.63, 3.8) is 0 Å². The van der Waals surface area contributed by atoms with E-state index >= 15 is 0 Å². The summed E-state index contributed by atoms with van der Waals surface area (Å²) in [5, 5.41) is 21.5. The summed E-state index contributed by atoms with van der Waals surface area (Å²) in [6.07, 6.45) is 5.44. The van der Waals surface area contributed by atoms with Gasteiger partial charge in [0.25, 0.3) is 5.91 Å². The predicted octanol–water partition coefficient (Wildman–Crippen LogP) is 3.25. The van der Waals surface area contributed by atoms with Gasteiger partial charge in [0.2, 0.25) is 0 Å². The summed E-state index contributed by atoms with van der Waals surface area (Å²) in [5.41, 5.74) is 1.24. The molecule has 0 fully saturated rings. The topological polar surface area (TPSA) is 86.5 Å². The number of amidine groups is 1. The summed E-state index contributed by atoms with van der Waals surface area (Å²) >= 11 is 1.56. The summed E-state index contributed by atoms with van der Waals surface area (Å²) in [7, 11) is 1.51. The van der Waals surface area contributed by atoms with Gasteiger partial charge >= 0.3 is 0 Å². The Kier molecular flexibility index (Phi) is 6.99. The first-order valence-electron chi connectivity index (χ1n) is 11.0. The average molecular weight is 453 g/mol. The number of carbonyl (C=O) groups excluding carboxylic acids is 1. The highest BCUT2D eigenvalue weighted by Gasteiger charge is 2.34. The lowest BCUT2D eigenvalue weighted by atomic mass is 10.1. The summed E-state index contributed by atoms with van der Waals surface area (Å²) in [5.74, 6) is 1.12. The van der Waals surface area contributed by atoms with E-state index < -0.39 is 6.17 Å². The van der Waals surface area contributed by atoms with Gasteiger partial charge in [-0.3, -0.25) is 15.1 Å². The normalized spacial score (nSPS) is 17.1. The third kappa shape index (κ3) is 4.60. The largest absolute Gasteiger partial charge is 0.504 e. The molecule has 0 aromatic heterocycles. The molecule has 1 amide bonds. The summed E-state index contributed by atoms with van der Waals surface area (Å²) in [6, 6.07) is 12.6. The molecule has 168 valence electrons. The lowest BCUT2D eigenvalue weighted by molar-refractivity contribution is -0.116. The number of methoxy groups -OCH3 is 1. The van der Waals surface area contributed by atoms with Crippen molar-refractivity contribution in [3.05, 3.63) is 58.6 Å². The number of nitrogens with zero attached hydrogens (tertiary/aromatic N) is 3. The SMILES string of the molecule is CCCCCCCSC1=NN2C(=c3ccccc3=NC2c2ccc(O)c(OC)c2)C(=O)N1. The Morgan fingerprint density at radius 1 is 1.16 bits per heavy atom. The van der Waals surface area contributed by atoms with E-state index in [0.717, 1.165) is 28.3 Å². The number of hydrogen-bond acceptors (Lipinski definition) is 7. The number of unbranched alkanes of at least 4 members (excludes halogenated alkanes) is 4. The fourth-order valence-electron chi connectivity index (χ4n) is 3.84. The van der Waals surface area contributed by atoms with Crippen LogP contribution in [-0.4, -0.2) is 34.1 Å². The number of phenolic OH excluding ortho intramolecular Hbond substituents is 1.